The van der Waals surface area contributed by atoms with Crippen LogP contribution in [-0.2, 0) is 20.0 Å². The summed E-state index contributed by atoms with van der Waals surface area (Å²) in [6.07, 6.45) is -10.7. The molecule has 1 saturated heterocycles. The van der Waals surface area contributed by atoms with Crippen molar-refractivity contribution in [1.29, 1.82) is 0 Å². The van der Waals surface area contributed by atoms with Crippen LogP contribution >= 0.6 is 7.37 Å². The lowest BCUT2D eigenvalue weighted by Crippen LogP contribution is -2.37. The normalized spacial score (nSPS) is 27.6. The summed E-state index contributed by atoms with van der Waals surface area (Å²) in [5, 5.41) is 19.9. The first-order chi connectivity index (χ1) is 11.3. The number of hydrogen-bond acceptors (Lipinski definition) is 8. The van der Waals surface area contributed by atoms with Gasteiger partial charge < -0.3 is 25.2 Å². The quantitative estimate of drug-likeness (QED) is 0.615. The third-order valence-electron chi connectivity index (χ3n) is 3.45. The van der Waals surface area contributed by atoms with Gasteiger partial charge in [0.25, 0.3) is 0 Å². The monoisotopic (exact) mass is 387 g/mol. The summed E-state index contributed by atoms with van der Waals surface area (Å²) in [6.45, 7) is 2.24. The van der Waals surface area contributed by atoms with E-state index in [1.165, 1.54) is 13.3 Å². The van der Waals surface area contributed by atoms with E-state index in [0.717, 1.165) is 0 Å². The van der Waals surface area contributed by atoms with E-state index in [9.17, 15) is 32.7 Å². The van der Waals surface area contributed by atoms with Crippen LogP contribution in [0, 0.1) is 0 Å². The molecule has 4 N–H and O–H groups in total. The average Bonchev–Trinajstić information content (AvgIpc) is 2.71. The summed E-state index contributed by atoms with van der Waals surface area (Å²) in [4.78, 5) is 14.9. The molecule has 3 unspecified atom stereocenters. The molecule has 1 aliphatic heterocycles. The summed E-state index contributed by atoms with van der Waals surface area (Å²) in [5.74, 6) is -1.01. The van der Waals surface area contributed by atoms with Gasteiger partial charge in [0.2, 0.25) is 0 Å². The van der Waals surface area contributed by atoms with Crippen LogP contribution in [0.15, 0.2) is 11.0 Å². The fourth-order valence-electron chi connectivity index (χ4n) is 2.23. The van der Waals surface area contributed by atoms with E-state index in [-0.39, 0.29) is 6.61 Å². The second-order valence-corrected chi connectivity index (χ2v) is 8.58. The number of nitrogens with zero attached hydrogens (tertiary/aromatic N) is 2. The van der Waals surface area contributed by atoms with E-state index < -0.39 is 55.2 Å². The molecule has 1 aromatic heterocycles. The Bertz CT molecular complexity index is 749. The van der Waals surface area contributed by atoms with Gasteiger partial charge in [-0.05, 0) is 0 Å². The molecule has 142 valence electrons. The Kier molecular flexibility index (Phi) is 5.31. The highest BCUT2D eigenvalue weighted by Gasteiger charge is 2.45. The Morgan fingerprint density at radius 1 is 1.40 bits per heavy atom. The van der Waals surface area contributed by atoms with Gasteiger partial charge in [-0.2, -0.15) is 18.2 Å². The number of halogens is 3. The molecule has 13 heteroatoms. The van der Waals surface area contributed by atoms with Crippen molar-refractivity contribution in [3.63, 3.8) is 0 Å². The van der Waals surface area contributed by atoms with Crippen LogP contribution in [0.25, 0.3) is 0 Å². The van der Waals surface area contributed by atoms with Crippen molar-refractivity contribution in [3.05, 3.63) is 22.2 Å². The van der Waals surface area contributed by atoms with Crippen molar-refractivity contribution >= 4 is 13.2 Å². The van der Waals surface area contributed by atoms with E-state index >= 15 is 0 Å². The Morgan fingerprint density at radius 2 is 2.00 bits per heavy atom. The van der Waals surface area contributed by atoms with Gasteiger partial charge in [0.15, 0.2) is 13.6 Å². The molecule has 0 amide bonds. The maximum absolute atomic E-state index is 12.9. The third-order valence-corrected chi connectivity index (χ3v) is 4.22. The molecule has 0 radical (unpaired) electrons. The fourth-order valence-corrected chi connectivity index (χ4v) is 2.74. The van der Waals surface area contributed by atoms with Gasteiger partial charge in [-0.3, -0.25) is 9.13 Å². The lowest BCUT2D eigenvalue weighted by atomic mass is 10.1. The number of nitrogen functional groups attached to an aromatic ring is 1. The Hall–Kier alpha value is -1.46. The first-order valence-corrected chi connectivity index (χ1v) is 9.50. The number of anilines is 1. The average molecular weight is 387 g/mol. The maximum atomic E-state index is 12.9. The highest BCUT2D eigenvalue weighted by Crippen LogP contribution is 2.39. The number of nitrogens with two attached hydrogens (primary N) is 1. The minimum atomic E-state index is -4.88. The molecule has 0 bridgehead atoms. The van der Waals surface area contributed by atoms with Gasteiger partial charge >= 0.3 is 11.9 Å². The Balaban J connectivity index is 2.33. The predicted molar refractivity (Wildman–Crippen MR) is 79.2 cm³/mol. The van der Waals surface area contributed by atoms with Crippen molar-refractivity contribution in [3.8, 4) is 0 Å². The van der Waals surface area contributed by atoms with Crippen LogP contribution in [-0.4, -0.2) is 58.0 Å². The molecule has 1 aromatic rings. The molecular weight excluding hydrogens is 370 g/mol. The van der Waals surface area contributed by atoms with Crippen molar-refractivity contribution in [2.45, 2.75) is 30.7 Å². The van der Waals surface area contributed by atoms with Crippen molar-refractivity contribution in [2.24, 2.45) is 0 Å². The largest absolute Gasteiger partial charge is 0.421 e. The van der Waals surface area contributed by atoms with Gasteiger partial charge in [-0.25, -0.2) is 4.79 Å². The molecule has 0 saturated carbocycles. The topological polar surface area (TPSA) is 137 Å². The van der Waals surface area contributed by atoms with E-state index in [1.54, 1.807) is 0 Å². The third kappa shape index (κ3) is 4.39. The molecule has 1 fully saturated rings. The zero-order valence-electron chi connectivity index (χ0n) is 13.2. The van der Waals surface area contributed by atoms with Gasteiger partial charge in [0.05, 0.1) is 6.61 Å². The molecule has 1 aliphatic rings. The molecule has 9 nitrogen and oxygen atoms in total. The van der Waals surface area contributed by atoms with Gasteiger partial charge in [-0.1, -0.05) is 0 Å². The molecule has 0 aromatic carbocycles. The Morgan fingerprint density at radius 3 is 2.52 bits per heavy atom. The fraction of sp³-hybridized carbons (Fsp3) is 0.667. The van der Waals surface area contributed by atoms with Crippen molar-refractivity contribution < 1.29 is 37.2 Å². The number of hydrogen-bond donors (Lipinski definition) is 3. The van der Waals surface area contributed by atoms with Gasteiger partial charge in [-0.15, -0.1) is 0 Å². The van der Waals surface area contributed by atoms with E-state index in [1.807, 2.05) is 0 Å². The number of alkyl halides is 3. The molecule has 0 spiro atoms. The van der Waals surface area contributed by atoms with Gasteiger partial charge in [0, 0.05) is 19.5 Å². The second-order valence-electron chi connectivity index (χ2n) is 5.82. The molecule has 0 aliphatic carbocycles. The standard InChI is InChI=1S/C12H17F3N3O6P/c1-25(2,22)23-4-6-7(19)8(20)10(24-6)18-3-5(12(13,14)15)9(16)17-11(18)21/h3,6-8,10,19-20H,4H2,1-2H3,(H2,16,17,21)/t6-,7?,8?,10?/m1/s1. The number of aliphatic hydroxyl groups is 2. The lowest BCUT2D eigenvalue weighted by Gasteiger charge is -2.19. The number of aromatic nitrogens is 2. The predicted octanol–water partition coefficient (Wildman–Crippen LogP) is 0.0178. The second kappa shape index (κ2) is 6.69. The highest BCUT2D eigenvalue weighted by molar-refractivity contribution is 7.57. The number of aliphatic hydroxyl groups excluding tert-OH is 2. The number of rotatable bonds is 4. The van der Waals surface area contributed by atoms with Crippen LogP contribution in [0.5, 0.6) is 0 Å². The summed E-state index contributed by atoms with van der Waals surface area (Å²) in [7, 11) is -2.92. The summed E-state index contributed by atoms with van der Waals surface area (Å²) < 4.78 is 60.9. The van der Waals surface area contributed by atoms with Crippen LogP contribution in [0.4, 0.5) is 19.0 Å². The Labute approximate surface area is 139 Å². The maximum Gasteiger partial charge on any atom is 0.421 e. The van der Waals surface area contributed by atoms with Gasteiger partial charge in [0.1, 0.15) is 29.7 Å². The van der Waals surface area contributed by atoms with Crippen LogP contribution in [0.2, 0.25) is 0 Å². The minimum absolute atomic E-state index is 0.360. The molecule has 4 atom stereocenters. The summed E-state index contributed by atoms with van der Waals surface area (Å²) in [6, 6.07) is 0. The zero-order valence-corrected chi connectivity index (χ0v) is 14.1. The smallest absolute Gasteiger partial charge is 0.387 e. The molecule has 2 heterocycles. The summed E-state index contributed by atoms with van der Waals surface area (Å²) >= 11 is 0. The van der Waals surface area contributed by atoms with Crippen LogP contribution in [0.1, 0.15) is 11.8 Å². The molecule has 25 heavy (non-hydrogen) atoms. The van der Waals surface area contributed by atoms with Crippen LogP contribution < -0.4 is 11.4 Å². The highest BCUT2D eigenvalue weighted by atomic mass is 31.2. The first-order valence-electron chi connectivity index (χ1n) is 6.98. The van der Waals surface area contributed by atoms with E-state index in [4.69, 9.17) is 15.0 Å². The first kappa shape index (κ1) is 19.9. The van der Waals surface area contributed by atoms with Crippen molar-refractivity contribution in [2.75, 3.05) is 25.7 Å². The summed E-state index contributed by atoms with van der Waals surface area (Å²) in [5.41, 5.74) is 2.53. The van der Waals surface area contributed by atoms with E-state index in [2.05, 4.69) is 4.98 Å². The number of ether oxygens (including phenoxy) is 1. The van der Waals surface area contributed by atoms with Crippen molar-refractivity contribution in [1.82, 2.24) is 9.55 Å². The molecule has 2 rings (SSSR count). The van der Waals surface area contributed by atoms with Crippen LogP contribution in [0.3, 0.4) is 0 Å². The molecular formula is C12H17F3N3O6P. The van der Waals surface area contributed by atoms with E-state index in [0.29, 0.717) is 10.8 Å². The minimum Gasteiger partial charge on any atom is -0.387 e. The lowest BCUT2D eigenvalue weighted by molar-refractivity contribution is -0.138. The SMILES string of the molecule is CP(C)(=O)OC[C@H]1OC(n2cc(C(F)(F)F)c(N)nc2=O)C(O)C1O. The zero-order chi connectivity index (χ0) is 19.2.